The van der Waals surface area contributed by atoms with Gasteiger partial charge >= 0.3 is 0 Å². The molecule has 1 aliphatic heterocycles. The summed E-state index contributed by atoms with van der Waals surface area (Å²) in [6.07, 6.45) is 10.8. The van der Waals surface area contributed by atoms with Crippen LogP contribution in [0.4, 0.5) is 0 Å². The molecule has 1 aliphatic carbocycles. The maximum Gasteiger partial charge on any atom is 0.138 e. The minimum absolute atomic E-state index is 0.700. The third-order valence-corrected chi connectivity index (χ3v) is 3.57. The van der Waals surface area contributed by atoms with Crippen molar-refractivity contribution in [3.05, 3.63) is 30.1 Å². The largest absolute Gasteiger partial charge is 0.492 e. The first-order chi connectivity index (χ1) is 8.79. The van der Waals surface area contributed by atoms with Gasteiger partial charge in [0.15, 0.2) is 0 Å². The Balaban J connectivity index is 1.55. The van der Waals surface area contributed by atoms with Crippen LogP contribution in [-0.2, 0) is 0 Å². The Morgan fingerprint density at radius 3 is 2.94 bits per heavy atom. The Kier molecular flexibility index (Phi) is 3.33. The van der Waals surface area contributed by atoms with Crippen molar-refractivity contribution in [3.63, 3.8) is 0 Å². The summed E-state index contributed by atoms with van der Waals surface area (Å²) in [6, 6.07) is 2.08. The van der Waals surface area contributed by atoms with E-state index in [9.17, 15) is 0 Å². The Hall–Kier alpha value is -1.35. The second-order valence-electron chi connectivity index (χ2n) is 5.55. The minimum Gasteiger partial charge on any atom is -0.492 e. The first kappa shape index (κ1) is 11.7. The SMILES string of the molecule is CN1CC(C=Cc2cncc(OCC3CC3)c2)C1. The lowest BCUT2D eigenvalue weighted by Crippen LogP contribution is -2.42. The van der Waals surface area contributed by atoms with Crippen LogP contribution in [0.2, 0.25) is 0 Å². The lowest BCUT2D eigenvalue weighted by atomic mass is 10.00. The number of hydrogen-bond donors (Lipinski definition) is 0. The predicted molar refractivity (Wildman–Crippen MR) is 72.5 cm³/mol. The predicted octanol–water partition coefficient (Wildman–Crippen LogP) is 2.45. The zero-order valence-corrected chi connectivity index (χ0v) is 10.9. The van der Waals surface area contributed by atoms with Crippen LogP contribution in [0, 0.1) is 11.8 Å². The molecule has 0 aromatic carbocycles. The summed E-state index contributed by atoms with van der Waals surface area (Å²) in [5.41, 5.74) is 1.14. The molecule has 0 atom stereocenters. The van der Waals surface area contributed by atoms with E-state index in [1.54, 1.807) is 6.20 Å². The Labute approximate surface area is 108 Å². The summed E-state index contributed by atoms with van der Waals surface area (Å²) in [5, 5.41) is 0. The highest BCUT2D eigenvalue weighted by molar-refractivity contribution is 5.50. The molecule has 3 rings (SSSR count). The van der Waals surface area contributed by atoms with Crippen molar-refractivity contribution in [2.45, 2.75) is 12.8 Å². The Morgan fingerprint density at radius 1 is 1.39 bits per heavy atom. The van der Waals surface area contributed by atoms with Crippen molar-refractivity contribution in [2.24, 2.45) is 11.8 Å². The highest BCUT2D eigenvalue weighted by Gasteiger charge is 2.22. The van der Waals surface area contributed by atoms with E-state index in [0.717, 1.165) is 23.8 Å². The summed E-state index contributed by atoms with van der Waals surface area (Å²) in [7, 11) is 2.15. The van der Waals surface area contributed by atoms with Gasteiger partial charge in [-0.15, -0.1) is 0 Å². The van der Waals surface area contributed by atoms with Gasteiger partial charge in [0.1, 0.15) is 5.75 Å². The molecule has 0 spiro atoms. The molecular weight excluding hydrogens is 224 g/mol. The fourth-order valence-corrected chi connectivity index (χ4v) is 2.22. The summed E-state index contributed by atoms with van der Waals surface area (Å²) >= 11 is 0. The maximum absolute atomic E-state index is 5.73. The van der Waals surface area contributed by atoms with Crippen LogP contribution >= 0.6 is 0 Å². The van der Waals surface area contributed by atoms with Gasteiger partial charge in [-0.1, -0.05) is 12.2 Å². The molecule has 1 aromatic rings. The van der Waals surface area contributed by atoms with E-state index < -0.39 is 0 Å². The number of ether oxygens (including phenoxy) is 1. The molecule has 3 heteroatoms. The standard InChI is InChI=1S/C15H20N2O/c1-17-9-14(10-17)5-4-13-6-15(8-16-7-13)18-11-12-2-3-12/h4-8,12,14H,2-3,9-11H2,1H3. The number of pyridine rings is 1. The quantitative estimate of drug-likeness (QED) is 0.795. The third kappa shape index (κ3) is 3.10. The van der Waals surface area contributed by atoms with Gasteiger partial charge in [-0.25, -0.2) is 0 Å². The molecule has 2 fully saturated rings. The van der Waals surface area contributed by atoms with E-state index in [1.807, 2.05) is 6.20 Å². The zero-order valence-electron chi connectivity index (χ0n) is 10.9. The van der Waals surface area contributed by atoms with Gasteiger partial charge < -0.3 is 9.64 Å². The first-order valence-electron chi connectivity index (χ1n) is 6.74. The van der Waals surface area contributed by atoms with Gasteiger partial charge in [0, 0.05) is 25.2 Å². The molecule has 3 nitrogen and oxygen atoms in total. The van der Waals surface area contributed by atoms with Gasteiger partial charge in [-0.05, 0) is 37.4 Å². The Bertz CT molecular complexity index is 434. The van der Waals surface area contributed by atoms with E-state index in [1.165, 1.54) is 25.9 Å². The van der Waals surface area contributed by atoms with Crippen molar-refractivity contribution >= 4 is 6.08 Å². The van der Waals surface area contributed by atoms with Crippen LogP contribution in [0.1, 0.15) is 18.4 Å². The highest BCUT2D eigenvalue weighted by Crippen LogP contribution is 2.29. The lowest BCUT2D eigenvalue weighted by molar-refractivity contribution is 0.170. The van der Waals surface area contributed by atoms with Crippen LogP contribution in [0.5, 0.6) is 5.75 Å². The van der Waals surface area contributed by atoms with Crippen molar-refractivity contribution in [3.8, 4) is 5.75 Å². The summed E-state index contributed by atoms with van der Waals surface area (Å²) < 4.78 is 5.73. The van der Waals surface area contributed by atoms with Gasteiger partial charge in [0.05, 0.1) is 12.8 Å². The van der Waals surface area contributed by atoms with Crippen LogP contribution in [0.15, 0.2) is 24.5 Å². The molecule has 96 valence electrons. The first-order valence-corrected chi connectivity index (χ1v) is 6.74. The molecule has 2 heterocycles. The molecule has 0 N–H and O–H groups in total. The van der Waals surface area contributed by atoms with Crippen LogP contribution in [0.25, 0.3) is 6.08 Å². The summed E-state index contributed by atoms with van der Waals surface area (Å²) in [5.74, 6) is 2.38. The average molecular weight is 244 g/mol. The van der Waals surface area contributed by atoms with Gasteiger partial charge in [-0.2, -0.15) is 0 Å². The van der Waals surface area contributed by atoms with Crippen molar-refractivity contribution in [1.29, 1.82) is 0 Å². The molecule has 1 aromatic heterocycles. The van der Waals surface area contributed by atoms with E-state index in [-0.39, 0.29) is 0 Å². The molecule has 1 saturated heterocycles. The van der Waals surface area contributed by atoms with Crippen LogP contribution in [-0.4, -0.2) is 36.6 Å². The number of likely N-dealkylation sites (tertiary alicyclic amines) is 1. The topological polar surface area (TPSA) is 25.4 Å². The zero-order chi connectivity index (χ0) is 12.4. The molecule has 1 saturated carbocycles. The summed E-state index contributed by atoms with van der Waals surface area (Å²) in [6.45, 7) is 3.19. The Morgan fingerprint density at radius 2 is 2.22 bits per heavy atom. The molecule has 18 heavy (non-hydrogen) atoms. The lowest BCUT2D eigenvalue weighted by Gasteiger charge is -2.34. The number of hydrogen-bond acceptors (Lipinski definition) is 3. The van der Waals surface area contributed by atoms with Crippen molar-refractivity contribution in [1.82, 2.24) is 9.88 Å². The molecule has 0 bridgehead atoms. The van der Waals surface area contributed by atoms with E-state index in [2.05, 4.69) is 35.1 Å². The highest BCUT2D eigenvalue weighted by atomic mass is 16.5. The third-order valence-electron chi connectivity index (χ3n) is 3.57. The van der Waals surface area contributed by atoms with Crippen molar-refractivity contribution in [2.75, 3.05) is 26.7 Å². The number of nitrogens with zero attached hydrogens (tertiary/aromatic N) is 2. The number of rotatable bonds is 5. The monoisotopic (exact) mass is 244 g/mol. The summed E-state index contributed by atoms with van der Waals surface area (Å²) in [4.78, 5) is 6.55. The smallest absolute Gasteiger partial charge is 0.138 e. The number of aromatic nitrogens is 1. The minimum atomic E-state index is 0.700. The average Bonchev–Trinajstić information content (AvgIpc) is 3.15. The molecule has 0 unspecified atom stereocenters. The van der Waals surface area contributed by atoms with E-state index >= 15 is 0 Å². The second kappa shape index (κ2) is 5.11. The van der Waals surface area contributed by atoms with E-state index in [0.29, 0.717) is 5.92 Å². The maximum atomic E-state index is 5.73. The normalized spacial score (nSPS) is 21.2. The molecule has 2 aliphatic rings. The van der Waals surface area contributed by atoms with Crippen LogP contribution < -0.4 is 4.74 Å². The second-order valence-corrected chi connectivity index (χ2v) is 5.55. The van der Waals surface area contributed by atoms with Crippen molar-refractivity contribution < 1.29 is 4.74 Å². The van der Waals surface area contributed by atoms with Crippen LogP contribution in [0.3, 0.4) is 0 Å². The van der Waals surface area contributed by atoms with Gasteiger partial charge in [0.25, 0.3) is 0 Å². The fourth-order valence-electron chi connectivity index (χ4n) is 2.22. The van der Waals surface area contributed by atoms with Gasteiger partial charge in [0.2, 0.25) is 0 Å². The molecule has 0 radical (unpaired) electrons. The van der Waals surface area contributed by atoms with E-state index in [4.69, 9.17) is 4.74 Å². The fraction of sp³-hybridized carbons (Fsp3) is 0.533. The van der Waals surface area contributed by atoms with Gasteiger partial charge in [-0.3, -0.25) is 4.98 Å². The molecule has 0 amide bonds. The molecular formula is C15H20N2O.